The topological polar surface area (TPSA) is 22.1 Å². The van der Waals surface area contributed by atoms with Crippen molar-refractivity contribution in [2.75, 3.05) is 0 Å². The number of pyridine rings is 1. The van der Waals surface area contributed by atoms with Gasteiger partial charge in [-0.1, -0.05) is 60.1 Å². The molecule has 0 saturated heterocycles. The van der Waals surface area contributed by atoms with Gasteiger partial charge in [-0.25, -0.2) is 4.98 Å². The quantitative estimate of drug-likeness (QED) is 0.368. The molecule has 4 aromatic rings. The molecule has 0 aliphatic carbocycles. The lowest BCUT2D eigenvalue weighted by Crippen LogP contribution is -2.11. The Morgan fingerprint density at radius 2 is 1.59 bits per heavy atom. The van der Waals surface area contributed by atoms with Crippen molar-refractivity contribution in [3.05, 3.63) is 82.9 Å². The molecule has 3 aromatic carbocycles. The van der Waals surface area contributed by atoms with Crippen molar-refractivity contribution in [2.45, 2.75) is 12.8 Å². The summed E-state index contributed by atoms with van der Waals surface area (Å²) in [6.45, 7) is -0.0200. The van der Waals surface area contributed by atoms with E-state index in [2.05, 4.69) is 4.98 Å². The van der Waals surface area contributed by atoms with E-state index < -0.39 is 16.8 Å². The molecule has 0 bridgehead atoms. The number of para-hydroxylation sites is 1. The van der Waals surface area contributed by atoms with Gasteiger partial charge < -0.3 is 4.74 Å². The molecule has 0 atom stereocenters. The fraction of sp³-hybridized carbons (Fsp3) is 0.0952. The van der Waals surface area contributed by atoms with E-state index in [4.69, 9.17) is 16.3 Å². The molecular formula is C21H13ClF3NO. The second kappa shape index (κ2) is 6.74. The molecule has 4 rings (SSSR count). The number of hydrogen-bond acceptors (Lipinski definition) is 2. The van der Waals surface area contributed by atoms with Crippen LogP contribution in [-0.2, 0) is 12.8 Å². The van der Waals surface area contributed by atoms with Gasteiger partial charge in [0.05, 0.1) is 10.5 Å². The van der Waals surface area contributed by atoms with Gasteiger partial charge in [0.15, 0.2) is 5.75 Å². The Morgan fingerprint density at radius 1 is 0.889 bits per heavy atom. The third kappa shape index (κ3) is 3.43. The molecule has 0 aliphatic rings. The molecule has 6 heteroatoms. The average molecular weight is 388 g/mol. The van der Waals surface area contributed by atoms with E-state index in [9.17, 15) is 13.2 Å². The molecule has 0 amide bonds. The Morgan fingerprint density at radius 3 is 2.33 bits per heavy atom. The van der Waals surface area contributed by atoms with Crippen LogP contribution in [0.2, 0.25) is 5.02 Å². The lowest BCUT2D eigenvalue weighted by Gasteiger charge is -2.18. The first-order valence-electron chi connectivity index (χ1n) is 8.19. The summed E-state index contributed by atoms with van der Waals surface area (Å²) in [6.07, 6.45) is -4.66. The third-order valence-corrected chi connectivity index (χ3v) is 4.52. The number of alkyl halides is 3. The molecule has 27 heavy (non-hydrogen) atoms. The summed E-state index contributed by atoms with van der Waals surface area (Å²) in [7, 11) is 0. The predicted octanol–water partition coefficient (Wildman–Crippen LogP) is 6.64. The summed E-state index contributed by atoms with van der Waals surface area (Å²) in [6, 6.07) is 19.2. The second-order valence-corrected chi connectivity index (χ2v) is 6.49. The number of fused-ring (bicyclic) bond motifs is 2. The minimum atomic E-state index is -4.66. The molecule has 0 N–H and O–H groups in total. The first kappa shape index (κ1) is 17.6. The molecule has 0 spiro atoms. The van der Waals surface area contributed by atoms with Gasteiger partial charge in [-0.05, 0) is 23.8 Å². The van der Waals surface area contributed by atoms with Crippen molar-refractivity contribution >= 4 is 33.4 Å². The number of ether oxygens (including phenoxy) is 1. The number of rotatable bonds is 3. The second-order valence-electron chi connectivity index (χ2n) is 6.09. The van der Waals surface area contributed by atoms with Crippen molar-refractivity contribution in [3.8, 4) is 5.75 Å². The van der Waals surface area contributed by atoms with Gasteiger partial charge in [-0.2, -0.15) is 13.2 Å². The predicted molar refractivity (Wildman–Crippen MR) is 100 cm³/mol. The van der Waals surface area contributed by atoms with Crippen molar-refractivity contribution < 1.29 is 17.9 Å². The van der Waals surface area contributed by atoms with Crippen LogP contribution in [0.4, 0.5) is 13.2 Å². The zero-order valence-corrected chi connectivity index (χ0v) is 14.7. The van der Waals surface area contributed by atoms with E-state index >= 15 is 0 Å². The molecular weight excluding hydrogens is 375 g/mol. The summed E-state index contributed by atoms with van der Waals surface area (Å²) in [5.74, 6) is -0.348. The summed E-state index contributed by atoms with van der Waals surface area (Å²) >= 11 is 6.00. The first-order chi connectivity index (χ1) is 12.9. The number of halogens is 4. The maximum atomic E-state index is 13.7. The number of nitrogens with zero attached hydrogens (tertiary/aromatic N) is 1. The minimum Gasteiger partial charge on any atom is -0.486 e. The van der Waals surface area contributed by atoms with Crippen LogP contribution in [0.1, 0.15) is 11.1 Å². The van der Waals surface area contributed by atoms with Crippen molar-refractivity contribution in [1.82, 2.24) is 4.98 Å². The van der Waals surface area contributed by atoms with Crippen molar-refractivity contribution in [1.29, 1.82) is 0 Å². The number of hydrogen-bond donors (Lipinski definition) is 0. The standard InChI is InChI=1S/C21H13ClF3NO/c22-16-11-15-10-14-8-4-5-9-17(14)26-19(15)20(18(16)21(23,24)25)27-12-13-6-2-1-3-7-13/h1-11H,12H2. The molecule has 136 valence electrons. The Kier molecular flexibility index (Phi) is 4.40. The molecule has 0 unspecified atom stereocenters. The van der Waals surface area contributed by atoms with Crippen LogP contribution in [0.15, 0.2) is 66.7 Å². The van der Waals surface area contributed by atoms with Gasteiger partial charge in [0.25, 0.3) is 0 Å². The van der Waals surface area contributed by atoms with Crippen LogP contribution in [-0.4, -0.2) is 4.98 Å². The number of benzene rings is 3. The largest absolute Gasteiger partial charge is 0.486 e. The van der Waals surface area contributed by atoms with Crippen LogP contribution in [0.3, 0.4) is 0 Å². The van der Waals surface area contributed by atoms with Crippen LogP contribution in [0.25, 0.3) is 21.8 Å². The molecule has 0 saturated carbocycles. The maximum Gasteiger partial charge on any atom is 0.421 e. The molecule has 0 aliphatic heterocycles. The van der Waals surface area contributed by atoms with E-state index in [-0.39, 0.29) is 17.9 Å². The van der Waals surface area contributed by atoms with E-state index in [0.717, 1.165) is 10.9 Å². The molecule has 1 heterocycles. The summed E-state index contributed by atoms with van der Waals surface area (Å²) in [4.78, 5) is 4.42. The average Bonchev–Trinajstić information content (AvgIpc) is 2.64. The number of aromatic nitrogens is 1. The van der Waals surface area contributed by atoms with Gasteiger partial charge >= 0.3 is 6.18 Å². The highest BCUT2D eigenvalue weighted by molar-refractivity contribution is 6.32. The normalized spacial score (nSPS) is 11.9. The lowest BCUT2D eigenvalue weighted by molar-refractivity contribution is -0.138. The third-order valence-electron chi connectivity index (χ3n) is 4.23. The van der Waals surface area contributed by atoms with E-state index in [1.165, 1.54) is 6.07 Å². The van der Waals surface area contributed by atoms with Crippen molar-refractivity contribution in [3.63, 3.8) is 0 Å². The Bertz CT molecular complexity index is 1130. The Balaban J connectivity index is 1.94. The Hall–Kier alpha value is -2.79. The van der Waals surface area contributed by atoms with Crippen molar-refractivity contribution in [2.24, 2.45) is 0 Å². The highest BCUT2D eigenvalue weighted by Gasteiger charge is 2.38. The van der Waals surface area contributed by atoms with E-state index in [1.54, 1.807) is 42.5 Å². The smallest absolute Gasteiger partial charge is 0.421 e. The van der Waals surface area contributed by atoms with Gasteiger partial charge in [-0.3, -0.25) is 0 Å². The zero-order valence-electron chi connectivity index (χ0n) is 13.9. The fourth-order valence-corrected chi connectivity index (χ4v) is 3.30. The highest BCUT2D eigenvalue weighted by Crippen LogP contribution is 2.45. The molecule has 1 aromatic heterocycles. The van der Waals surface area contributed by atoms with Gasteiger partial charge in [0.2, 0.25) is 0 Å². The molecule has 0 fully saturated rings. The van der Waals surface area contributed by atoms with E-state index in [0.29, 0.717) is 10.9 Å². The monoisotopic (exact) mass is 387 g/mol. The zero-order chi connectivity index (χ0) is 19.0. The van der Waals surface area contributed by atoms with Crippen LogP contribution < -0.4 is 4.74 Å². The lowest BCUT2D eigenvalue weighted by atomic mass is 10.1. The fourth-order valence-electron chi connectivity index (χ4n) is 2.99. The minimum absolute atomic E-state index is 0.0200. The molecule has 0 radical (unpaired) electrons. The van der Waals surface area contributed by atoms with Crippen LogP contribution in [0, 0.1) is 0 Å². The molecule has 2 nitrogen and oxygen atoms in total. The summed E-state index contributed by atoms with van der Waals surface area (Å²) in [5, 5.41) is 0.903. The van der Waals surface area contributed by atoms with Crippen LogP contribution >= 0.6 is 11.6 Å². The highest BCUT2D eigenvalue weighted by atomic mass is 35.5. The van der Waals surface area contributed by atoms with Gasteiger partial charge in [0, 0.05) is 10.8 Å². The SMILES string of the molecule is FC(F)(F)c1c(Cl)cc2cc3ccccc3nc2c1OCc1ccccc1. The summed E-state index contributed by atoms with van der Waals surface area (Å²) < 4.78 is 46.7. The Labute approximate surface area is 158 Å². The first-order valence-corrected chi connectivity index (χ1v) is 8.57. The summed E-state index contributed by atoms with van der Waals surface area (Å²) in [5.41, 5.74) is 0.473. The van der Waals surface area contributed by atoms with Crippen LogP contribution in [0.5, 0.6) is 5.75 Å². The maximum absolute atomic E-state index is 13.7. The van der Waals surface area contributed by atoms with Gasteiger partial charge in [-0.15, -0.1) is 0 Å². The van der Waals surface area contributed by atoms with Gasteiger partial charge in [0.1, 0.15) is 17.7 Å². The van der Waals surface area contributed by atoms with E-state index in [1.807, 2.05) is 18.2 Å².